The van der Waals surface area contributed by atoms with Crippen LogP contribution in [0.1, 0.15) is 0 Å². The molecule has 0 spiro atoms. The fraction of sp³-hybridized carbons (Fsp3) is 0. The summed E-state index contributed by atoms with van der Waals surface area (Å²) in [6.07, 6.45) is 0. The van der Waals surface area contributed by atoms with E-state index in [2.05, 4.69) is 92.5 Å². The molecule has 0 nitrogen and oxygen atoms in total. The van der Waals surface area contributed by atoms with E-state index in [4.69, 9.17) is 0 Å². The van der Waals surface area contributed by atoms with Crippen molar-refractivity contribution in [2.45, 2.75) is 0 Å². The SMILES string of the molecule is Brc1c(-c2ccccc2)[se]c(-c2ccccc2)c1Br. The van der Waals surface area contributed by atoms with Crippen LogP contribution in [-0.4, -0.2) is 14.5 Å². The molecule has 0 bridgehead atoms. The summed E-state index contributed by atoms with van der Waals surface area (Å²) in [4.78, 5) is 0. The topological polar surface area (TPSA) is 0 Å². The summed E-state index contributed by atoms with van der Waals surface area (Å²) in [5.74, 6) is 0. The van der Waals surface area contributed by atoms with E-state index in [-0.39, 0.29) is 0 Å². The first-order valence-electron chi connectivity index (χ1n) is 5.86. The molecule has 0 saturated heterocycles. The second-order valence-corrected chi connectivity index (χ2v) is 7.85. The average molecular weight is 441 g/mol. The molecule has 0 fully saturated rings. The molecule has 3 heteroatoms. The Bertz CT molecular complexity index is 628. The molecule has 0 N–H and O–H groups in total. The van der Waals surface area contributed by atoms with E-state index in [1.165, 1.54) is 28.9 Å². The molecule has 0 aliphatic rings. The molecule has 19 heavy (non-hydrogen) atoms. The van der Waals surface area contributed by atoms with Gasteiger partial charge in [0.05, 0.1) is 0 Å². The summed E-state index contributed by atoms with van der Waals surface area (Å²) in [5.41, 5.74) is 2.61. The fourth-order valence-corrected chi connectivity index (χ4v) is 6.53. The molecule has 94 valence electrons. The van der Waals surface area contributed by atoms with Crippen LogP contribution in [0.5, 0.6) is 0 Å². The van der Waals surface area contributed by atoms with Crippen LogP contribution in [0.25, 0.3) is 20.0 Å². The Balaban J connectivity index is 2.16. The van der Waals surface area contributed by atoms with E-state index < -0.39 is 0 Å². The van der Waals surface area contributed by atoms with E-state index in [0.717, 1.165) is 0 Å². The Hall–Kier alpha value is -0.601. The zero-order valence-corrected chi connectivity index (χ0v) is 14.8. The van der Waals surface area contributed by atoms with Gasteiger partial charge in [0.15, 0.2) is 0 Å². The molecule has 0 aliphatic carbocycles. The van der Waals surface area contributed by atoms with Crippen molar-refractivity contribution in [3.63, 3.8) is 0 Å². The Labute approximate surface area is 135 Å². The number of hydrogen-bond donors (Lipinski definition) is 0. The zero-order chi connectivity index (χ0) is 13.2. The van der Waals surface area contributed by atoms with Gasteiger partial charge in [-0.25, -0.2) is 0 Å². The summed E-state index contributed by atoms with van der Waals surface area (Å²) in [6, 6.07) is 21.2. The standard InChI is InChI=1S/C16H10Br2Se/c17-13-14(18)16(12-9-5-2-6-10-12)19-15(13)11-7-3-1-4-8-11/h1-10H. The van der Waals surface area contributed by atoms with Crippen molar-refractivity contribution in [2.75, 3.05) is 0 Å². The molecule has 0 aliphatic heterocycles. The van der Waals surface area contributed by atoms with Crippen LogP contribution in [0, 0.1) is 0 Å². The minimum absolute atomic E-state index is 0.320. The van der Waals surface area contributed by atoms with Gasteiger partial charge in [0.2, 0.25) is 0 Å². The van der Waals surface area contributed by atoms with Crippen molar-refractivity contribution in [3.8, 4) is 20.0 Å². The monoisotopic (exact) mass is 440 g/mol. The Morgan fingerprint density at radius 1 is 0.579 bits per heavy atom. The van der Waals surface area contributed by atoms with E-state index in [1.54, 1.807) is 0 Å². The fourth-order valence-electron chi connectivity index (χ4n) is 1.94. The number of halogens is 2. The van der Waals surface area contributed by atoms with Gasteiger partial charge in [0.1, 0.15) is 0 Å². The summed E-state index contributed by atoms with van der Waals surface area (Å²) < 4.78 is 5.19. The van der Waals surface area contributed by atoms with Gasteiger partial charge in [0.25, 0.3) is 0 Å². The van der Waals surface area contributed by atoms with E-state index in [1.807, 2.05) is 0 Å². The Morgan fingerprint density at radius 3 is 1.32 bits per heavy atom. The number of rotatable bonds is 2. The van der Waals surface area contributed by atoms with Gasteiger partial charge in [0, 0.05) is 0 Å². The number of benzene rings is 2. The third kappa shape index (κ3) is 2.66. The predicted molar refractivity (Wildman–Crippen MR) is 89.7 cm³/mol. The van der Waals surface area contributed by atoms with Crippen molar-refractivity contribution < 1.29 is 0 Å². The first-order valence-corrected chi connectivity index (χ1v) is 9.16. The molecule has 3 rings (SSSR count). The molecule has 0 radical (unpaired) electrons. The summed E-state index contributed by atoms with van der Waals surface area (Å²) in [7, 11) is 0. The van der Waals surface area contributed by atoms with Crippen molar-refractivity contribution in [2.24, 2.45) is 0 Å². The number of hydrogen-bond acceptors (Lipinski definition) is 0. The van der Waals surface area contributed by atoms with Crippen molar-refractivity contribution in [1.82, 2.24) is 0 Å². The van der Waals surface area contributed by atoms with E-state index in [0.29, 0.717) is 14.5 Å². The van der Waals surface area contributed by atoms with E-state index >= 15 is 0 Å². The Kier molecular flexibility index (Phi) is 4.09. The molecule has 1 aromatic heterocycles. The third-order valence-electron chi connectivity index (χ3n) is 2.87. The van der Waals surface area contributed by atoms with Crippen LogP contribution >= 0.6 is 31.9 Å². The van der Waals surface area contributed by atoms with Crippen LogP contribution in [0.4, 0.5) is 0 Å². The molecular weight excluding hydrogens is 431 g/mol. The van der Waals surface area contributed by atoms with Gasteiger partial charge in [-0.1, -0.05) is 0 Å². The molecule has 0 saturated carbocycles. The quantitative estimate of drug-likeness (QED) is 0.455. The van der Waals surface area contributed by atoms with Crippen LogP contribution in [0.3, 0.4) is 0 Å². The van der Waals surface area contributed by atoms with Crippen molar-refractivity contribution >= 4 is 46.4 Å². The van der Waals surface area contributed by atoms with Crippen LogP contribution in [0.15, 0.2) is 69.6 Å². The minimum atomic E-state index is 0.320. The summed E-state index contributed by atoms with van der Waals surface area (Å²) in [6.45, 7) is 0. The van der Waals surface area contributed by atoms with Gasteiger partial charge in [-0.15, -0.1) is 0 Å². The predicted octanol–water partition coefficient (Wildman–Crippen LogP) is 5.60. The van der Waals surface area contributed by atoms with Crippen LogP contribution < -0.4 is 0 Å². The average Bonchev–Trinajstić information content (AvgIpc) is 2.77. The third-order valence-corrected chi connectivity index (χ3v) is 8.87. The molecule has 0 atom stereocenters. The van der Waals surface area contributed by atoms with Gasteiger partial charge in [-0.05, 0) is 0 Å². The van der Waals surface area contributed by atoms with Gasteiger partial charge < -0.3 is 0 Å². The van der Waals surface area contributed by atoms with E-state index in [9.17, 15) is 0 Å². The first kappa shape index (κ1) is 13.4. The molecule has 3 aromatic rings. The maximum absolute atomic E-state index is 3.74. The summed E-state index contributed by atoms with van der Waals surface area (Å²) >= 11 is 7.79. The van der Waals surface area contributed by atoms with Crippen LogP contribution in [0.2, 0.25) is 0 Å². The normalized spacial score (nSPS) is 10.6. The van der Waals surface area contributed by atoms with Crippen molar-refractivity contribution in [3.05, 3.63) is 69.6 Å². The molecule has 0 unspecified atom stereocenters. The zero-order valence-electron chi connectivity index (χ0n) is 9.94. The second kappa shape index (κ2) is 5.80. The molecule has 1 heterocycles. The molecule has 0 amide bonds. The Morgan fingerprint density at radius 2 is 0.947 bits per heavy atom. The summed E-state index contributed by atoms with van der Waals surface area (Å²) in [5, 5.41) is 0. The maximum atomic E-state index is 3.74. The van der Waals surface area contributed by atoms with Gasteiger partial charge in [-0.3, -0.25) is 0 Å². The van der Waals surface area contributed by atoms with Gasteiger partial charge >= 0.3 is 136 Å². The molecule has 2 aromatic carbocycles. The van der Waals surface area contributed by atoms with Gasteiger partial charge in [-0.2, -0.15) is 0 Å². The second-order valence-electron chi connectivity index (χ2n) is 4.12. The van der Waals surface area contributed by atoms with Crippen LogP contribution in [-0.2, 0) is 0 Å². The molecular formula is C16H10Br2Se. The van der Waals surface area contributed by atoms with Crippen molar-refractivity contribution in [1.29, 1.82) is 0 Å². The first-order chi connectivity index (χ1) is 9.27.